The monoisotopic (exact) mass is 304 g/mol. The van der Waals surface area contributed by atoms with Crippen molar-refractivity contribution in [3.8, 4) is 0 Å². The zero-order valence-electron chi connectivity index (χ0n) is 11.7. The van der Waals surface area contributed by atoms with Crippen LogP contribution in [-0.4, -0.2) is 40.3 Å². The second kappa shape index (κ2) is 5.52. The summed E-state index contributed by atoms with van der Waals surface area (Å²) in [7, 11) is 0. The van der Waals surface area contributed by atoms with Gasteiger partial charge in [0.25, 0.3) is 0 Å². The smallest absolute Gasteiger partial charge is 0.277 e. The van der Waals surface area contributed by atoms with Gasteiger partial charge in [0.2, 0.25) is 11.8 Å². The highest BCUT2D eigenvalue weighted by molar-refractivity contribution is 7.99. The molecule has 6 heteroatoms. The van der Waals surface area contributed by atoms with E-state index in [1.807, 2.05) is 25.1 Å². The van der Waals surface area contributed by atoms with E-state index in [0.29, 0.717) is 5.56 Å². The number of rotatable bonds is 2. The van der Waals surface area contributed by atoms with Crippen molar-refractivity contribution in [1.29, 1.82) is 0 Å². The van der Waals surface area contributed by atoms with E-state index in [1.165, 1.54) is 4.90 Å². The third-order valence-electron chi connectivity index (χ3n) is 3.84. The first kappa shape index (κ1) is 14.1. The number of hydrogen-bond donors (Lipinski definition) is 1. The van der Waals surface area contributed by atoms with Gasteiger partial charge in [0, 0.05) is 5.75 Å². The van der Waals surface area contributed by atoms with Gasteiger partial charge in [0.1, 0.15) is 5.92 Å². The number of barbiturate groups is 1. The summed E-state index contributed by atoms with van der Waals surface area (Å²) in [5.41, 5.74) is 1.62. The predicted octanol–water partition coefficient (Wildman–Crippen LogP) is 1.66. The van der Waals surface area contributed by atoms with Gasteiger partial charge in [-0.1, -0.05) is 29.8 Å². The normalized spacial score (nSPS) is 26.1. The summed E-state index contributed by atoms with van der Waals surface area (Å²) < 4.78 is 0. The Morgan fingerprint density at radius 3 is 2.76 bits per heavy atom. The fourth-order valence-electron chi connectivity index (χ4n) is 2.80. The maximum absolute atomic E-state index is 12.7. The van der Waals surface area contributed by atoms with Gasteiger partial charge >= 0.3 is 6.03 Å². The molecule has 110 valence electrons. The van der Waals surface area contributed by atoms with Crippen LogP contribution in [-0.2, 0) is 9.59 Å². The van der Waals surface area contributed by atoms with Crippen LogP contribution in [0.15, 0.2) is 24.3 Å². The molecule has 2 atom stereocenters. The van der Waals surface area contributed by atoms with Crippen molar-refractivity contribution in [3.05, 3.63) is 35.4 Å². The van der Waals surface area contributed by atoms with Crippen LogP contribution >= 0.6 is 11.8 Å². The quantitative estimate of drug-likeness (QED) is 0.844. The fraction of sp³-hybridized carbons (Fsp3) is 0.400. The number of aryl methyl sites for hydroxylation is 1. The maximum Gasteiger partial charge on any atom is 0.331 e. The van der Waals surface area contributed by atoms with Gasteiger partial charge < -0.3 is 0 Å². The summed E-state index contributed by atoms with van der Waals surface area (Å²) in [6.45, 7) is 1.91. The Morgan fingerprint density at radius 2 is 2.10 bits per heavy atom. The number of carbonyl (C=O) groups is 3. The number of nitrogens with zero attached hydrogens (tertiary/aromatic N) is 1. The average Bonchev–Trinajstić information content (AvgIpc) is 2.92. The topological polar surface area (TPSA) is 66.5 Å². The molecule has 0 aromatic heterocycles. The van der Waals surface area contributed by atoms with E-state index in [0.717, 1.165) is 23.5 Å². The molecule has 0 bridgehead atoms. The lowest BCUT2D eigenvalue weighted by molar-refractivity contribution is -0.139. The molecule has 1 N–H and O–H groups in total. The van der Waals surface area contributed by atoms with Crippen molar-refractivity contribution in [2.24, 2.45) is 0 Å². The predicted molar refractivity (Wildman–Crippen MR) is 80.0 cm³/mol. The highest BCUT2D eigenvalue weighted by Gasteiger charge is 2.44. The molecule has 2 aliphatic heterocycles. The summed E-state index contributed by atoms with van der Waals surface area (Å²) >= 11 is 1.72. The van der Waals surface area contributed by atoms with Crippen LogP contribution < -0.4 is 5.32 Å². The van der Waals surface area contributed by atoms with Crippen molar-refractivity contribution in [2.45, 2.75) is 25.3 Å². The summed E-state index contributed by atoms with van der Waals surface area (Å²) in [5.74, 6) is -0.175. The van der Waals surface area contributed by atoms with Crippen molar-refractivity contribution in [2.75, 3.05) is 11.5 Å². The molecule has 2 heterocycles. The molecule has 21 heavy (non-hydrogen) atoms. The van der Waals surface area contributed by atoms with Gasteiger partial charge in [-0.2, -0.15) is 11.8 Å². The van der Waals surface area contributed by atoms with Crippen molar-refractivity contribution >= 4 is 29.6 Å². The Balaban J connectivity index is 1.94. The van der Waals surface area contributed by atoms with Crippen LogP contribution in [0.3, 0.4) is 0 Å². The molecule has 0 radical (unpaired) electrons. The van der Waals surface area contributed by atoms with Gasteiger partial charge in [0.15, 0.2) is 0 Å². The standard InChI is InChI=1S/C15H16N2O3S/c1-9-3-2-4-10(7-9)12-13(18)16-15(20)17(14(12)19)11-5-6-21-8-11/h2-4,7,11-12H,5-6,8H2,1H3,(H,16,18,20). The lowest BCUT2D eigenvalue weighted by Gasteiger charge is -2.34. The minimum absolute atomic E-state index is 0.108. The molecular formula is C15H16N2O3S. The number of urea groups is 1. The third-order valence-corrected chi connectivity index (χ3v) is 4.99. The van der Waals surface area contributed by atoms with Gasteiger partial charge in [0.05, 0.1) is 6.04 Å². The Kier molecular flexibility index (Phi) is 3.71. The first-order chi connectivity index (χ1) is 10.1. The van der Waals surface area contributed by atoms with E-state index in [1.54, 1.807) is 17.8 Å². The zero-order chi connectivity index (χ0) is 15.0. The van der Waals surface area contributed by atoms with Gasteiger partial charge in [-0.15, -0.1) is 0 Å². The number of carbonyl (C=O) groups excluding carboxylic acids is 3. The van der Waals surface area contributed by atoms with Crippen LogP contribution in [0, 0.1) is 6.92 Å². The minimum atomic E-state index is -0.923. The van der Waals surface area contributed by atoms with Crippen LogP contribution in [0.5, 0.6) is 0 Å². The van der Waals surface area contributed by atoms with E-state index >= 15 is 0 Å². The molecule has 2 saturated heterocycles. The molecule has 0 aliphatic carbocycles. The highest BCUT2D eigenvalue weighted by atomic mass is 32.2. The molecule has 1 aromatic rings. The Morgan fingerprint density at radius 1 is 1.29 bits per heavy atom. The SMILES string of the molecule is Cc1cccc(C2C(=O)NC(=O)N(C3CCSC3)C2=O)c1. The van der Waals surface area contributed by atoms with Crippen LogP contribution in [0.4, 0.5) is 4.79 Å². The molecule has 1 aromatic carbocycles. The van der Waals surface area contributed by atoms with Gasteiger partial charge in [-0.3, -0.25) is 19.8 Å². The average molecular weight is 304 g/mol. The summed E-state index contributed by atoms with van der Waals surface area (Å²) in [4.78, 5) is 38.0. The number of nitrogens with one attached hydrogen (secondary N) is 1. The van der Waals surface area contributed by atoms with Gasteiger partial charge in [-0.05, 0) is 24.7 Å². The van der Waals surface area contributed by atoms with Gasteiger partial charge in [-0.25, -0.2) is 4.79 Å². The Labute approximate surface area is 127 Å². The summed E-state index contributed by atoms with van der Waals surface area (Å²) in [5, 5.41) is 2.32. The maximum atomic E-state index is 12.7. The van der Waals surface area contributed by atoms with E-state index in [4.69, 9.17) is 0 Å². The van der Waals surface area contributed by atoms with E-state index in [2.05, 4.69) is 5.32 Å². The molecule has 3 rings (SSSR count). The van der Waals surface area contributed by atoms with Crippen molar-refractivity contribution in [1.82, 2.24) is 10.2 Å². The number of hydrogen-bond acceptors (Lipinski definition) is 4. The number of benzene rings is 1. The molecule has 5 nitrogen and oxygen atoms in total. The molecule has 0 saturated carbocycles. The zero-order valence-corrected chi connectivity index (χ0v) is 12.5. The Hall–Kier alpha value is -1.82. The molecule has 4 amide bonds. The van der Waals surface area contributed by atoms with E-state index < -0.39 is 23.8 Å². The van der Waals surface area contributed by atoms with Crippen molar-refractivity contribution < 1.29 is 14.4 Å². The lowest BCUT2D eigenvalue weighted by atomic mass is 9.93. The summed E-state index contributed by atoms with van der Waals surface area (Å²) in [6.07, 6.45) is 0.790. The second-order valence-corrected chi connectivity index (χ2v) is 6.52. The highest BCUT2D eigenvalue weighted by Crippen LogP contribution is 2.29. The van der Waals surface area contributed by atoms with Crippen LogP contribution in [0.1, 0.15) is 23.5 Å². The molecule has 2 fully saturated rings. The largest absolute Gasteiger partial charge is 0.331 e. The molecule has 2 aliphatic rings. The second-order valence-electron chi connectivity index (χ2n) is 5.37. The molecule has 2 unspecified atom stereocenters. The number of thioether (sulfide) groups is 1. The Bertz CT molecular complexity index is 611. The number of amides is 4. The fourth-order valence-corrected chi connectivity index (χ4v) is 4.00. The minimum Gasteiger partial charge on any atom is -0.277 e. The van der Waals surface area contributed by atoms with Crippen LogP contribution in [0.25, 0.3) is 0 Å². The van der Waals surface area contributed by atoms with Crippen LogP contribution in [0.2, 0.25) is 0 Å². The van der Waals surface area contributed by atoms with E-state index in [-0.39, 0.29) is 6.04 Å². The van der Waals surface area contributed by atoms with Crippen molar-refractivity contribution in [3.63, 3.8) is 0 Å². The van der Waals surface area contributed by atoms with E-state index in [9.17, 15) is 14.4 Å². The first-order valence-electron chi connectivity index (χ1n) is 6.90. The summed E-state index contributed by atoms with van der Waals surface area (Å²) in [6, 6.07) is 6.61. The third kappa shape index (κ3) is 2.55. The number of imide groups is 2. The first-order valence-corrected chi connectivity index (χ1v) is 8.05. The molecule has 0 spiro atoms. The molecular weight excluding hydrogens is 288 g/mol. The lowest BCUT2D eigenvalue weighted by Crippen LogP contribution is -2.60.